The number of anilines is 3. The fraction of sp³-hybridized carbons (Fsp3) is 0.0500. The fourth-order valence-corrected chi connectivity index (χ4v) is 2.42. The first-order chi connectivity index (χ1) is 13.5. The van der Waals surface area contributed by atoms with Gasteiger partial charge in [0.05, 0.1) is 30.1 Å². The van der Waals surface area contributed by atoms with E-state index in [-0.39, 0.29) is 5.56 Å². The van der Waals surface area contributed by atoms with Gasteiger partial charge in [0.15, 0.2) is 11.6 Å². The number of esters is 1. The molecule has 142 valence electrons. The van der Waals surface area contributed by atoms with Gasteiger partial charge in [-0.3, -0.25) is 9.78 Å². The van der Waals surface area contributed by atoms with Crippen molar-refractivity contribution in [3.05, 3.63) is 83.7 Å². The number of nitrogens with zero attached hydrogens (tertiary/aromatic N) is 1. The molecule has 28 heavy (non-hydrogen) atoms. The first-order valence-electron chi connectivity index (χ1n) is 8.13. The minimum Gasteiger partial charge on any atom is -0.465 e. The predicted octanol–water partition coefficient (Wildman–Crippen LogP) is 4.14. The number of rotatable bonds is 5. The first kappa shape index (κ1) is 19.0. The van der Waals surface area contributed by atoms with Gasteiger partial charge in [0.25, 0.3) is 5.91 Å². The summed E-state index contributed by atoms with van der Waals surface area (Å²) < 4.78 is 31.0. The number of ether oxygens (including phenoxy) is 1. The fourth-order valence-electron chi connectivity index (χ4n) is 2.42. The molecule has 0 spiro atoms. The Labute approximate surface area is 159 Å². The molecule has 6 nitrogen and oxygen atoms in total. The Morgan fingerprint density at radius 1 is 0.893 bits per heavy atom. The van der Waals surface area contributed by atoms with Crippen molar-refractivity contribution in [3.63, 3.8) is 0 Å². The molecule has 0 radical (unpaired) electrons. The molecule has 0 saturated carbocycles. The number of nitrogens with one attached hydrogen (secondary N) is 2. The topological polar surface area (TPSA) is 80.3 Å². The number of hydrogen-bond donors (Lipinski definition) is 2. The maximum Gasteiger partial charge on any atom is 0.337 e. The Balaban J connectivity index is 1.75. The third kappa shape index (κ3) is 4.47. The van der Waals surface area contributed by atoms with E-state index in [1.807, 2.05) is 0 Å². The molecule has 0 fully saturated rings. The number of carbonyl (C=O) groups is 2. The van der Waals surface area contributed by atoms with Crippen molar-refractivity contribution in [1.82, 2.24) is 4.98 Å². The Morgan fingerprint density at radius 2 is 1.68 bits per heavy atom. The van der Waals surface area contributed by atoms with Crippen molar-refractivity contribution in [3.8, 4) is 0 Å². The second kappa shape index (κ2) is 8.26. The molecule has 1 aromatic heterocycles. The molecule has 0 aliphatic rings. The van der Waals surface area contributed by atoms with Crippen LogP contribution in [0.15, 0.2) is 60.9 Å². The second-order valence-electron chi connectivity index (χ2n) is 5.74. The van der Waals surface area contributed by atoms with Gasteiger partial charge in [-0.25, -0.2) is 13.6 Å². The zero-order valence-corrected chi connectivity index (χ0v) is 14.7. The van der Waals surface area contributed by atoms with Crippen molar-refractivity contribution in [2.75, 3.05) is 17.7 Å². The summed E-state index contributed by atoms with van der Waals surface area (Å²) in [6.45, 7) is 0. The Bertz CT molecular complexity index is 1040. The highest BCUT2D eigenvalue weighted by Gasteiger charge is 2.11. The highest BCUT2D eigenvalue weighted by Crippen LogP contribution is 2.20. The Kier molecular flexibility index (Phi) is 5.59. The molecule has 0 saturated heterocycles. The van der Waals surface area contributed by atoms with Crippen LogP contribution in [0.3, 0.4) is 0 Å². The number of amides is 1. The number of methoxy groups -OCH3 is 1. The Morgan fingerprint density at radius 3 is 2.43 bits per heavy atom. The van der Waals surface area contributed by atoms with E-state index < -0.39 is 23.5 Å². The van der Waals surface area contributed by atoms with Gasteiger partial charge >= 0.3 is 5.97 Å². The van der Waals surface area contributed by atoms with E-state index in [4.69, 9.17) is 0 Å². The summed E-state index contributed by atoms with van der Waals surface area (Å²) in [5.74, 6) is -2.91. The van der Waals surface area contributed by atoms with Gasteiger partial charge in [0.2, 0.25) is 0 Å². The molecule has 1 amide bonds. The molecule has 3 rings (SSSR count). The lowest BCUT2D eigenvalue weighted by molar-refractivity contribution is 0.0600. The van der Waals surface area contributed by atoms with E-state index in [0.29, 0.717) is 22.6 Å². The van der Waals surface area contributed by atoms with Crippen LogP contribution in [0.5, 0.6) is 0 Å². The smallest absolute Gasteiger partial charge is 0.337 e. The van der Waals surface area contributed by atoms with Gasteiger partial charge < -0.3 is 15.4 Å². The summed E-state index contributed by atoms with van der Waals surface area (Å²) >= 11 is 0. The lowest BCUT2D eigenvalue weighted by Gasteiger charge is -2.09. The number of carbonyl (C=O) groups excluding carboxylic acids is 2. The summed E-state index contributed by atoms with van der Waals surface area (Å²) in [7, 11) is 1.27. The van der Waals surface area contributed by atoms with Gasteiger partial charge in [-0.15, -0.1) is 0 Å². The van der Waals surface area contributed by atoms with E-state index in [2.05, 4.69) is 20.4 Å². The molecule has 8 heteroatoms. The van der Waals surface area contributed by atoms with E-state index in [1.54, 1.807) is 18.2 Å². The number of benzene rings is 2. The van der Waals surface area contributed by atoms with Gasteiger partial charge in [0.1, 0.15) is 0 Å². The van der Waals surface area contributed by atoms with Crippen LogP contribution in [0.4, 0.5) is 25.8 Å². The quantitative estimate of drug-likeness (QED) is 0.647. The van der Waals surface area contributed by atoms with Gasteiger partial charge in [-0.2, -0.15) is 0 Å². The second-order valence-corrected chi connectivity index (χ2v) is 5.74. The summed E-state index contributed by atoms with van der Waals surface area (Å²) in [5.41, 5.74) is 1.67. The molecular formula is C20H15F2N3O3. The molecule has 0 bridgehead atoms. The number of aromatic nitrogens is 1. The summed E-state index contributed by atoms with van der Waals surface area (Å²) in [4.78, 5) is 28.0. The molecule has 2 N–H and O–H groups in total. The zero-order chi connectivity index (χ0) is 20.1. The van der Waals surface area contributed by atoms with Crippen LogP contribution in [0.2, 0.25) is 0 Å². The van der Waals surface area contributed by atoms with Crippen molar-refractivity contribution in [2.24, 2.45) is 0 Å². The number of halogens is 2. The molecular weight excluding hydrogens is 368 g/mol. The van der Waals surface area contributed by atoms with Crippen LogP contribution in [0.1, 0.15) is 20.7 Å². The van der Waals surface area contributed by atoms with Crippen LogP contribution in [0, 0.1) is 11.6 Å². The van der Waals surface area contributed by atoms with Crippen LogP contribution in [0.25, 0.3) is 0 Å². The van der Waals surface area contributed by atoms with E-state index >= 15 is 0 Å². The average molecular weight is 383 g/mol. The average Bonchev–Trinajstić information content (AvgIpc) is 2.70. The first-order valence-corrected chi connectivity index (χ1v) is 8.13. The minimum atomic E-state index is -0.989. The SMILES string of the molecule is COC(=O)c1cccc(NC(=O)c2cncc(Nc3ccc(F)c(F)c3)c2)c1. The standard InChI is InChI=1S/C20H15F2N3O3/c1-28-20(27)12-3-2-4-14(7-12)25-19(26)13-8-16(11-23-10-13)24-15-5-6-17(21)18(22)9-15/h2-11,24H,1H3,(H,25,26). The van der Waals surface area contributed by atoms with Crippen LogP contribution in [-0.2, 0) is 4.74 Å². The summed E-state index contributed by atoms with van der Waals surface area (Å²) in [6, 6.07) is 11.2. The predicted molar refractivity (Wildman–Crippen MR) is 99.6 cm³/mol. The maximum atomic E-state index is 13.3. The van der Waals surface area contributed by atoms with Crippen molar-refractivity contribution >= 4 is 28.9 Å². The normalized spacial score (nSPS) is 10.2. The monoisotopic (exact) mass is 383 g/mol. The molecule has 0 unspecified atom stereocenters. The molecule has 0 aliphatic carbocycles. The minimum absolute atomic E-state index is 0.232. The van der Waals surface area contributed by atoms with Crippen molar-refractivity contribution in [2.45, 2.75) is 0 Å². The molecule has 0 aliphatic heterocycles. The summed E-state index contributed by atoms with van der Waals surface area (Å²) in [6.07, 6.45) is 2.80. The Hall–Kier alpha value is -3.81. The van der Waals surface area contributed by atoms with Crippen LogP contribution >= 0.6 is 0 Å². The lowest BCUT2D eigenvalue weighted by atomic mass is 10.2. The highest BCUT2D eigenvalue weighted by molar-refractivity contribution is 6.05. The highest BCUT2D eigenvalue weighted by atomic mass is 19.2. The van der Waals surface area contributed by atoms with E-state index in [1.165, 1.54) is 37.7 Å². The van der Waals surface area contributed by atoms with Gasteiger partial charge in [-0.05, 0) is 36.4 Å². The molecule has 0 atom stereocenters. The van der Waals surface area contributed by atoms with Gasteiger partial charge in [0, 0.05) is 23.6 Å². The third-order valence-electron chi connectivity index (χ3n) is 3.75. The zero-order valence-electron chi connectivity index (χ0n) is 14.7. The molecule has 1 heterocycles. The largest absolute Gasteiger partial charge is 0.465 e. The number of hydrogen-bond acceptors (Lipinski definition) is 5. The van der Waals surface area contributed by atoms with Crippen molar-refractivity contribution in [1.29, 1.82) is 0 Å². The van der Waals surface area contributed by atoms with Crippen LogP contribution < -0.4 is 10.6 Å². The molecule has 2 aromatic carbocycles. The lowest BCUT2D eigenvalue weighted by Crippen LogP contribution is -2.13. The van der Waals surface area contributed by atoms with E-state index in [0.717, 1.165) is 12.1 Å². The van der Waals surface area contributed by atoms with Gasteiger partial charge in [-0.1, -0.05) is 6.07 Å². The molecule has 3 aromatic rings. The maximum absolute atomic E-state index is 13.3. The summed E-state index contributed by atoms with van der Waals surface area (Å²) in [5, 5.41) is 5.51. The van der Waals surface area contributed by atoms with Crippen LogP contribution in [-0.4, -0.2) is 24.0 Å². The third-order valence-corrected chi connectivity index (χ3v) is 3.75. The number of pyridine rings is 1. The van der Waals surface area contributed by atoms with Crippen molar-refractivity contribution < 1.29 is 23.1 Å². The van der Waals surface area contributed by atoms with E-state index in [9.17, 15) is 18.4 Å².